The van der Waals surface area contributed by atoms with Crippen LogP contribution in [0.3, 0.4) is 0 Å². The van der Waals surface area contributed by atoms with Gasteiger partial charge < -0.3 is 29.2 Å². The summed E-state index contributed by atoms with van der Waals surface area (Å²) in [5.41, 5.74) is 0. The number of hydrogen-bond donors (Lipinski definition) is 1. The standard InChI is InChI=1S/C19H29N5O4/c1-22(2)17(25)14-21-19(20-13-15-5-3-11-27-15)24-9-7-23(8-10-24)18(26)16-6-4-12-28-16/h4,6,12,15H,3,5,7-11,13-14H2,1-2H3,(H,20,21). The number of amides is 2. The zero-order valence-electron chi connectivity index (χ0n) is 16.6. The average molecular weight is 391 g/mol. The number of aliphatic imine (C=N–C) groups is 1. The first-order valence-corrected chi connectivity index (χ1v) is 9.72. The van der Waals surface area contributed by atoms with Crippen LogP contribution in [0.15, 0.2) is 27.8 Å². The van der Waals surface area contributed by atoms with Crippen LogP contribution in [0.25, 0.3) is 0 Å². The van der Waals surface area contributed by atoms with Gasteiger partial charge in [-0.15, -0.1) is 0 Å². The van der Waals surface area contributed by atoms with Crippen LogP contribution < -0.4 is 5.32 Å². The highest BCUT2D eigenvalue weighted by Gasteiger charge is 2.26. The van der Waals surface area contributed by atoms with Crippen LogP contribution in [-0.4, -0.2) is 98.5 Å². The molecule has 1 aromatic heterocycles. The van der Waals surface area contributed by atoms with Crippen LogP contribution >= 0.6 is 0 Å². The number of carbonyl (C=O) groups is 2. The largest absolute Gasteiger partial charge is 0.459 e. The molecule has 1 atom stereocenters. The van der Waals surface area contributed by atoms with Crippen LogP contribution in [0.4, 0.5) is 0 Å². The molecule has 0 radical (unpaired) electrons. The predicted octanol–water partition coefficient (Wildman–Crippen LogP) is 0.250. The quantitative estimate of drug-likeness (QED) is 0.572. The maximum Gasteiger partial charge on any atom is 0.289 e. The van der Waals surface area contributed by atoms with E-state index in [2.05, 4.69) is 15.2 Å². The molecule has 28 heavy (non-hydrogen) atoms. The van der Waals surface area contributed by atoms with E-state index in [0.717, 1.165) is 19.4 Å². The van der Waals surface area contributed by atoms with E-state index in [1.165, 1.54) is 11.2 Å². The number of nitrogens with zero attached hydrogens (tertiary/aromatic N) is 4. The minimum atomic E-state index is -0.0989. The van der Waals surface area contributed by atoms with E-state index >= 15 is 0 Å². The van der Waals surface area contributed by atoms with Gasteiger partial charge >= 0.3 is 0 Å². The van der Waals surface area contributed by atoms with Gasteiger partial charge in [0.1, 0.15) is 6.54 Å². The van der Waals surface area contributed by atoms with E-state index in [4.69, 9.17) is 9.15 Å². The monoisotopic (exact) mass is 391 g/mol. The van der Waals surface area contributed by atoms with E-state index in [9.17, 15) is 9.59 Å². The molecule has 0 saturated carbocycles. The van der Waals surface area contributed by atoms with Gasteiger partial charge in [-0.25, -0.2) is 4.99 Å². The average Bonchev–Trinajstić information content (AvgIpc) is 3.41. The van der Waals surface area contributed by atoms with Gasteiger partial charge in [0.05, 0.1) is 12.4 Å². The van der Waals surface area contributed by atoms with Gasteiger partial charge in [-0.1, -0.05) is 0 Å². The van der Waals surface area contributed by atoms with Gasteiger partial charge in [0.15, 0.2) is 11.7 Å². The number of furan rings is 1. The lowest BCUT2D eigenvalue weighted by Gasteiger charge is -2.36. The molecule has 2 fully saturated rings. The second-order valence-corrected chi connectivity index (χ2v) is 7.20. The van der Waals surface area contributed by atoms with Crippen molar-refractivity contribution < 1.29 is 18.7 Å². The van der Waals surface area contributed by atoms with Gasteiger partial charge in [-0.2, -0.15) is 0 Å². The maximum absolute atomic E-state index is 12.4. The third-order valence-electron chi connectivity index (χ3n) is 4.97. The molecular weight excluding hydrogens is 362 g/mol. The summed E-state index contributed by atoms with van der Waals surface area (Å²) in [5, 5.41) is 3.36. The first-order valence-electron chi connectivity index (χ1n) is 9.72. The zero-order valence-corrected chi connectivity index (χ0v) is 16.6. The third-order valence-corrected chi connectivity index (χ3v) is 4.97. The van der Waals surface area contributed by atoms with Gasteiger partial charge in [0.2, 0.25) is 5.91 Å². The molecule has 0 bridgehead atoms. The van der Waals surface area contributed by atoms with Gasteiger partial charge in [-0.05, 0) is 25.0 Å². The highest BCUT2D eigenvalue weighted by molar-refractivity contribution is 5.91. The van der Waals surface area contributed by atoms with E-state index in [1.54, 1.807) is 31.1 Å². The second kappa shape index (κ2) is 9.59. The molecule has 0 aliphatic carbocycles. The van der Waals surface area contributed by atoms with Crippen LogP contribution in [0.2, 0.25) is 0 Å². The molecule has 2 amide bonds. The van der Waals surface area contributed by atoms with Crippen LogP contribution in [0, 0.1) is 0 Å². The van der Waals surface area contributed by atoms with E-state index in [0.29, 0.717) is 44.4 Å². The molecule has 0 spiro atoms. The molecule has 154 valence electrons. The summed E-state index contributed by atoms with van der Waals surface area (Å²) < 4.78 is 10.9. The smallest absolute Gasteiger partial charge is 0.289 e. The number of guanidine groups is 1. The Bertz CT molecular complexity index is 675. The Balaban J connectivity index is 1.58. The Morgan fingerprint density at radius 2 is 2.00 bits per heavy atom. The van der Waals surface area contributed by atoms with Crippen molar-refractivity contribution in [3.05, 3.63) is 24.2 Å². The molecule has 0 aromatic carbocycles. The van der Waals surface area contributed by atoms with E-state index < -0.39 is 0 Å². The number of carbonyl (C=O) groups excluding carboxylic acids is 2. The van der Waals surface area contributed by atoms with Crippen molar-refractivity contribution in [2.75, 3.05) is 60.0 Å². The summed E-state index contributed by atoms with van der Waals surface area (Å²) in [6, 6.07) is 3.39. The Hall–Kier alpha value is -2.55. The highest BCUT2D eigenvalue weighted by Crippen LogP contribution is 2.12. The van der Waals surface area contributed by atoms with Crippen molar-refractivity contribution in [1.82, 2.24) is 20.0 Å². The SMILES string of the molecule is CN(C)C(=O)CN=C(NCC1CCCO1)N1CCN(C(=O)c2ccco2)CC1. The molecule has 3 rings (SSSR count). The number of rotatable bonds is 5. The summed E-state index contributed by atoms with van der Waals surface area (Å²) in [6.07, 6.45) is 3.79. The Morgan fingerprint density at radius 1 is 1.25 bits per heavy atom. The number of likely N-dealkylation sites (N-methyl/N-ethyl adjacent to an activating group) is 1. The van der Waals surface area contributed by atoms with Gasteiger partial charge in [0.25, 0.3) is 5.91 Å². The van der Waals surface area contributed by atoms with E-state index in [1.807, 2.05) is 0 Å². The van der Waals surface area contributed by atoms with Crippen molar-refractivity contribution in [1.29, 1.82) is 0 Å². The van der Waals surface area contributed by atoms with Gasteiger partial charge in [0, 0.05) is 53.4 Å². The number of piperazine rings is 1. The summed E-state index contributed by atoms with van der Waals surface area (Å²) in [7, 11) is 3.44. The molecule has 2 aliphatic rings. The maximum atomic E-state index is 12.4. The molecule has 1 unspecified atom stereocenters. The summed E-state index contributed by atoms with van der Waals surface area (Å²) >= 11 is 0. The second-order valence-electron chi connectivity index (χ2n) is 7.20. The molecule has 2 saturated heterocycles. The predicted molar refractivity (Wildman–Crippen MR) is 104 cm³/mol. The minimum absolute atomic E-state index is 0.0527. The lowest BCUT2D eigenvalue weighted by molar-refractivity contribution is -0.127. The fourth-order valence-electron chi connectivity index (χ4n) is 3.24. The first kappa shape index (κ1) is 20.2. The third kappa shape index (κ3) is 5.25. The zero-order chi connectivity index (χ0) is 19.9. The summed E-state index contributed by atoms with van der Waals surface area (Å²) in [4.78, 5) is 34.3. The Kier molecular flexibility index (Phi) is 6.91. The fourth-order valence-corrected chi connectivity index (χ4v) is 3.24. The molecule has 9 heteroatoms. The number of hydrogen-bond acceptors (Lipinski definition) is 5. The number of nitrogens with one attached hydrogen (secondary N) is 1. The lowest BCUT2D eigenvalue weighted by atomic mass is 10.2. The molecule has 1 N–H and O–H groups in total. The lowest BCUT2D eigenvalue weighted by Crippen LogP contribution is -2.54. The van der Waals surface area contributed by atoms with Crippen LogP contribution in [0.5, 0.6) is 0 Å². The molecule has 2 aliphatic heterocycles. The van der Waals surface area contributed by atoms with Crippen LogP contribution in [0.1, 0.15) is 23.4 Å². The minimum Gasteiger partial charge on any atom is -0.459 e. The highest BCUT2D eigenvalue weighted by atomic mass is 16.5. The molecular formula is C19H29N5O4. The van der Waals surface area contributed by atoms with Crippen molar-refractivity contribution in [2.45, 2.75) is 18.9 Å². The van der Waals surface area contributed by atoms with Crippen LogP contribution in [-0.2, 0) is 9.53 Å². The molecule has 3 heterocycles. The normalized spacial score (nSPS) is 20.4. The topological polar surface area (TPSA) is 90.6 Å². The van der Waals surface area contributed by atoms with Crippen molar-refractivity contribution >= 4 is 17.8 Å². The summed E-state index contributed by atoms with van der Waals surface area (Å²) in [5.74, 6) is 0.896. The van der Waals surface area contributed by atoms with Gasteiger partial charge in [-0.3, -0.25) is 9.59 Å². The molecule has 1 aromatic rings. The van der Waals surface area contributed by atoms with Crippen molar-refractivity contribution in [3.63, 3.8) is 0 Å². The molecule has 9 nitrogen and oxygen atoms in total. The summed E-state index contributed by atoms with van der Waals surface area (Å²) in [6.45, 7) is 3.97. The van der Waals surface area contributed by atoms with Crippen molar-refractivity contribution in [2.24, 2.45) is 4.99 Å². The van der Waals surface area contributed by atoms with Crippen molar-refractivity contribution in [3.8, 4) is 0 Å². The van der Waals surface area contributed by atoms with E-state index in [-0.39, 0.29) is 24.5 Å². The Morgan fingerprint density at radius 3 is 2.61 bits per heavy atom. The Labute approximate surface area is 165 Å². The fraction of sp³-hybridized carbons (Fsp3) is 0.632. The first-order chi connectivity index (χ1) is 13.5. The number of ether oxygens (including phenoxy) is 1.